The summed E-state index contributed by atoms with van der Waals surface area (Å²) in [5.74, 6) is 1.02. The van der Waals surface area contributed by atoms with Crippen LogP contribution in [0.5, 0.6) is 5.75 Å². The topological polar surface area (TPSA) is 38.3 Å². The first-order valence-corrected chi connectivity index (χ1v) is 6.66. The Labute approximate surface area is 109 Å². The lowest BCUT2D eigenvalue weighted by Crippen LogP contribution is -2.34. The van der Waals surface area contributed by atoms with Crippen molar-refractivity contribution >= 4 is 5.91 Å². The van der Waals surface area contributed by atoms with E-state index in [-0.39, 0.29) is 11.4 Å². The molecule has 1 aromatic rings. The van der Waals surface area contributed by atoms with Crippen molar-refractivity contribution in [3.05, 3.63) is 29.8 Å². The predicted octanol–water partition coefficient (Wildman–Crippen LogP) is 2.99. The second-order valence-corrected chi connectivity index (χ2v) is 4.93. The molecule has 0 spiro atoms. The molecule has 1 aromatic carbocycles. The number of hydrogen-bond donors (Lipinski definition) is 1. The minimum atomic E-state index is -0.169. The number of carbonyl (C=O) groups excluding carboxylic acids is 1. The first-order valence-electron chi connectivity index (χ1n) is 6.66. The Kier molecular flexibility index (Phi) is 3.90. The molecule has 0 saturated heterocycles. The van der Waals surface area contributed by atoms with E-state index in [1.807, 2.05) is 24.3 Å². The molecule has 1 aliphatic rings. The molecule has 0 heterocycles. The van der Waals surface area contributed by atoms with Crippen molar-refractivity contribution in [1.82, 2.24) is 5.32 Å². The van der Waals surface area contributed by atoms with Crippen LogP contribution in [0.4, 0.5) is 0 Å². The average Bonchev–Trinajstić information content (AvgIpc) is 3.17. The summed E-state index contributed by atoms with van der Waals surface area (Å²) in [6.07, 6.45) is 4.63. The lowest BCUT2D eigenvalue weighted by Gasteiger charge is -2.20. The monoisotopic (exact) mass is 247 g/mol. The van der Waals surface area contributed by atoms with Gasteiger partial charge in [-0.25, -0.2) is 0 Å². The third-order valence-electron chi connectivity index (χ3n) is 3.51. The van der Waals surface area contributed by atoms with E-state index in [2.05, 4.69) is 12.2 Å². The first kappa shape index (κ1) is 12.9. The van der Waals surface area contributed by atoms with Crippen LogP contribution in [0.3, 0.4) is 0 Å². The van der Waals surface area contributed by atoms with Crippen LogP contribution < -0.4 is 10.1 Å². The number of para-hydroxylation sites is 1. The van der Waals surface area contributed by atoms with E-state index >= 15 is 0 Å². The van der Waals surface area contributed by atoms with Crippen molar-refractivity contribution < 1.29 is 9.53 Å². The Morgan fingerprint density at radius 3 is 2.72 bits per heavy atom. The fourth-order valence-corrected chi connectivity index (χ4v) is 2.29. The molecule has 1 saturated carbocycles. The fraction of sp³-hybridized carbons (Fsp3) is 0.533. The highest BCUT2D eigenvalue weighted by atomic mass is 16.5. The molecular formula is C15H21NO2. The molecule has 0 bridgehead atoms. The van der Waals surface area contributed by atoms with Gasteiger partial charge in [0.15, 0.2) is 0 Å². The molecule has 3 nitrogen and oxygen atoms in total. The van der Waals surface area contributed by atoms with Gasteiger partial charge in [-0.05, 0) is 25.3 Å². The summed E-state index contributed by atoms with van der Waals surface area (Å²) in [5.41, 5.74) is 0.939. The van der Waals surface area contributed by atoms with E-state index in [9.17, 15) is 4.79 Å². The molecule has 0 unspecified atom stereocenters. The van der Waals surface area contributed by atoms with Gasteiger partial charge >= 0.3 is 0 Å². The summed E-state index contributed by atoms with van der Waals surface area (Å²) < 4.78 is 5.38. The van der Waals surface area contributed by atoms with Crippen LogP contribution >= 0.6 is 0 Å². The molecule has 3 heteroatoms. The van der Waals surface area contributed by atoms with Crippen LogP contribution in [0.2, 0.25) is 0 Å². The zero-order valence-corrected chi connectivity index (χ0v) is 11.2. The first-order chi connectivity index (χ1) is 8.72. The Balaban J connectivity index is 2.09. The number of methoxy groups -OCH3 is 1. The maximum atomic E-state index is 11.9. The van der Waals surface area contributed by atoms with E-state index < -0.39 is 0 Å². The van der Waals surface area contributed by atoms with Crippen LogP contribution in [-0.2, 0) is 10.3 Å². The van der Waals surface area contributed by atoms with E-state index in [1.54, 1.807) is 7.11 Å². The van der Waals surface area contributed by atoms with Crippen molar-refractivity contribution in [2.75, 3.05) is 7.11 Å². The molecule has 1 N–H and O–H groups in total. The van der Waals surface area contributed by atoms with Gasteiger partial charge in [-0.3, -0.25) is 4.79 Å². The smallest absolute Gasteiger partial charge is 0.220 e. The van der Waals surface area contributed by atoms with Crippen molar-refractivity contribution in [3.63, 3.8) is 0 Å². The van der Waals surface area contributed by atoms with E-state index in [1.165, 1.54) is 0 Å². The molecule has 0 aromatic heterocycles. The molecule has 1 amide bonds. The fourth-order valence-electron chi connectivity index (χ4n) is 2.29. The summed E-state index contributed by atoms with van der Waals surface area (Å²) in [7, 11) is 1.67. The molecule has 98 valence electrons. The Morgan fingerprint density at radius 1 is 1.39 bits per heavy atom. The predicted molar refractivity (Wildman–Crippen MR) is 71.6 cm³/mol. The van der Waals surface area contributed by atoms with Crippen LogP contribution in [0.1, 0.15) is 44.6 Å². The number of rotatable bonds is 6. The number of carbonyl (C=O) groups is 1. The number of benzene rings is 1. The maximum absolute atomic E-state index is 11.9. The van der Waals surface area contributed by atoms with Crippen molar-refractivity contribution in [3.8, 4) is 5.75 Å². The van der Waals surface area contributed by atoms with Gasteiger partial charge in [0, 0.05) is 12.0 Å². The molecule has 0 atom stereocenters. The Morgan fingerprint density at radius 2 is 2.11 bits per heavy atom. The third-order valence-corrected chi connectivity index (χ3v) is 3.51. The van der Waals surface area contributed by atoms with Crippen LogP contribution in [0, 0.1) is 0 Å². The standard InChI is InChI=1S/C15H21NO2/c1-3-4-9-14(17)16-15(10-11-15)12-7-5-6-8-13(12)18-2/h5-8H,3-4,9-11H2,1-2H3,(H,16,17). The molecule has 0 radical (unpaired) electrons. The Bertz CT molecular complexity index is 424. The number of amides is 1. The largest absolute Gasteiger partial charge is 0.496 e. The molecule has 1 fully saturated rings. The lowest BCUT2D eigenvalue weighted by molar-refractivity contribution is -0.122. The van der Waals surface area contributed by atoms with Crippen molar-refractivity contribution in [1.29, 1.82) is 0 Å². The molecule has 0 aliphatic heterocycles. The van der Waals surface area contributed by atoms with Gasteiger partial charge in [-0.2, -0.15) is 0 Å². The van der Waals surface area contributed by atoms with Gasteiger partial charge < -0.3 is 10.1 Å². The molecule has 1 aliphatic carbocycles. The van der Waals surface area contributed by atoms with E-state index in [0.29, 0.717) is 6.42 Å². The van der Waals surface area contributed by atoms with Crippen molar-refractivity contribution in [2.24, 2.45) is 0 Å². The Hall–Kier alpha value is -1.51. The van der Waals surface area contributed by atoms with Gasteiger partial charge in [0.1, 0.15) is 5.75 Å². The SMILES string of the molecule is CCCCC(=O)NC1(c2ccccc2OC)CC1. The molecule has 2 rings (SSSR count). The summed E-state index contributed by atoms with van der Waals surface area (Å²) in [6.45, 7) is 2.10. The zero-order valence-electron chi connectivity index (χ0n) is 11.2. The summed E-state index contributed by atoms with van der Waals surface area (Å²) in [6, 6.07) is 7.95. The molecular weight excluding hydrogens is 226 g/mol. The number of hydrogen-bond acceptors (Lipinski definition) is 2. The van der Waals surface area contributed by atoms with Gasteiger partial charge in [-0.15, -0.1) is 0 Å². The highest BCUT2D eigenvalue weighted by molar-refractivity contribution is 5.77. The summed E-state index contributed by atoms with van der Waals surface area (Å²) in [4.78, 5) is 11.9. The van der Waals surface area contributed by atoms with Crippen LogP contribution in [0.15, 0.2) is 24.3 Å². The quantitative estimate of drug-likeness (QED) is 0.839. The minimum absolute atomic E-state index is 0.153. The number of ether oxygens (including phenoxy) is 1. The molecule has 18 heavy (non-hydrogen) atoms. The van der Waals surface area contributed by atoms with Crippen LogP contribution in [0.25, 0.3) is 0 Å². The highest BCUT2D eigenvalue weighted by Crippen LogP contribution is 2.48. The zero-order chi connectivity index (χ0) is 13.0. The van der Waals surface area contributed by atoms with Crippen molar-refractivity contribution in [2.45, 2.75) is 44.6 Å². The number of nitrogens with one attached hydrogen (secondary N) is 1. The van der Waals surface area contributed by atoms with Gasteiger partial charge in [0.2, 0.25) is 5.91 Å². The number of unbranched alkanes of at least 4 members (excludes halogenated alkanes) is 1. The average molecular weight is 247 g/mol. The highest BCUT2D eigenvalue weighted by Gasteiger charge is 2.47. The normalized spacial score (nSPS) is 16.1. The maximum Gasteiger partial charge on any atom is 0.220 e. The third kappa shape index (κ3) is 2.66. The second kappa shape index (κ2) is 5.42. The lowest BCUT2D eigenvalue weighted by atomic mass is 10.0. The van der Waals surface area contributed by atoms with Gasteiger partial charge in [0.05, 0.1) is 12.6 Å². The van der Waals surface area contributed by atoms with Gasteiger partial charge in [0.25, 0.3) is 0 Å². The van der Waals surface area contributed by atoms with E-state index in [0.717, 1.165) is 37.0 Å². The van der Waals surface area contributed by atoms with Crippen LogP contribution in [-0.4, -0.2) is 13.0 Å². The van der Waals surface area contributed by atoms with E-state index in [4.69, 9.17) is 4.74 Å². The summed E-state index contributed by atoms with van der Waals surface area (Å²) in [5, 5.41) is 3.17. The second-order valence-electron chi connectivity index (χ2n) is 4.93. The van der Waals surface area contributed by atoms with Gasteiger partial charge in [-0.1, -0.05) is 31.5 Å². The minimum Gasteiger partial charge on any atom is -0.496 e. The summed E-state index contributed by atoms with van der Waals surface area (Å²) >= 11 is 0.